The quantitative estimate of drug-likeness (QED) is 0.781. The number of nitrogens with zero attached hydrogens (tertiary/aromatic N) is 4. The van der Waals surface area contributed by atoms with E-state index in [0.717, 1.165) is 23.4 Å². The summed E-state index contributed by atoms with van der Waals surface area (Å²) in [5, 5.41) is 7.16. The highest BCUT2D eigenvalue weighted by Crippen LogP contribution is 2.27. The number of anilines is 1. The lowest BCUT2D eigenvalue weighted by atomic mass is 10.1. The first-order valence-corrected chi connectivity index (χ1v) is 7.37. The maximum atomic E-state index is 5.41. The van der Waals surface area contributed by atoms with Gasteiger partial charge in [-0.1, -0.05) is 29.4 Å². The number of pyridine rings is 1. The van der Waals surface area contributed by atoms with E-state index >= 15 is 0 Å². The third kappa shape index (κ3) is 3.37. The van der Waals surface area contributed by atoms with Crippen molar-refractivity contribution in [2.45, 2.75) is 6.54 Å². The molecule has 1 N–H and O–H groups in total. The monoisotopic (exact) mass is 309 g/mol. The number of hydrogen-bond donors (Lipinski definition) is 1. The molecule has 0 radical (unpaired) electrons. The van der Waals surface area contributed by atoms with Crippen molar-refractivity contribution in [1.82, 2.24) is 20.0 Å². The van der Waals surface area contributed by atoms with Crippen LogP contribution in [-0.4, -0.2) is 41.2 Å². The number of rotatable bonds is 5. The lowest BCUT2D eigenvalue weighted by Gasteiger charge is -2.09. The predicted molar refractivity (Wildman–Crippen MR) is 89.9 cm³/mol. The number of hydrogen-bond acceptors (Lipinski definition) is 6. The zero-order valence-electron chi connectivity index (χ0n) is 13.4. The van der Waals surface area contributed by atoms with E-state index in [4.69, 9.17) is 4.52 Å². The van der Waals surface area contributed by atoms with E-state index in [0.29, 0.717) is 11.7 Å². The second kappa shape index (κ2) is 6.58. The summed E-state index contributed by atoms with van der Waals surface area (Å²) in [6.45, 7) is 0.903. The highest BCUT2D eigenvalue weighted by atomic mass is 16.5. The van der Waals surface area contributed by atoms with Crippen molar-refractivity contribution in [2.75, 3.05) is 26.5 Å². The molecule has 3 aromatic rings. The van der Waals surface area contributed by atoms with Crippen LogP contribution < -0.4 is 5.32 Å². The van der Waals surface area contributed by atoms with Gasteiger partial charge in [-0.2, -0.15) is 4.98 Å². The zero-order valence-corrected chi connectivity index (χ0v) is 13.4. The molecule has 0 aliphatic heterocycles. The molecule has 3 rings (SSSR count). The van der Waals surface area contributed by atoms with Crippen LogP contribution in [0.1, 0.15) is 5.56 Å². The van der Waals surface area contributed by atoms with Crippen molar-refractivity contribution in [3.05, 3.63) is 48.3 Å². The normalized spacial score (nSPS) is 11.0. The first-order valence-electron chi connectivity index (χ1n) is 7.37. The predicted octanol–water partition coefficient (Wildman–Crippen LogP) is 2.90. The Hall–Kier alpha value is -2.73. The van der Waals surface area contributed by atoms with E-state index in [1.807, 2.05) is 39.3 Å². The summed E-state index contributed by atoms with van der Waals surface area (Å²) in [6.07, 6.45) is 3.44. The van der Waals surface area contributed by atoms with Gasteiger partial charge in [-0.05, 0) is 25.7 Å². The molecule has 0 aliphatic rings. The minimum atomic E-state index is 0.476. The summed E-state index contributed by atoms with van der Waals surface area (Å²) in [6, 6.07) is 10.0. The van der Waals surface area contributed by atoms with Crippen LogP contribution in [0.2, 0.25) is 0 Å². The summed E-state index contributed by atoms with van der Waals surface area (Å²) in [5.41, 5.74) is 3.87. The van der Waals surface area contributed by atoms with Gasteiger partial charge in [-0.3, -0.25) is 4.98 Å². The number of aromatic nitrogens is 3. The molecule has 0 fully saturated rings. The molecule has 2 aromatic heterocycles. The Labute approximate surface area is 135 Å². The van der Waals surface area contributed by atoms with Gasteiger partial charge in [0.15, 0.2) is 0 Å². The first-order chi connectivity index (χ1) is 11.2. The highest BCUT2D eigenvalue weighted by molar-refractivity contribution is 5.72. The van der Waals surface area contributed by atoms with Crippen LogP contribution in [0.4, 0.5) is 5.69 Å². The minimum Gasteiger partial charge on any atom is -0.386 e. The molecule has 118 valence electrons. The molecule has 0 saturated carbocycles. The van der Waals surface area contributed by atoms with Crippen molar-refractivity contribution in [2.24, 2.45) is 0 Å². The van der Waals surface area contributed by atoms with Gasteiger partial charge < -0.3 is 14.7 Å². The van der Waals surface area contributed by atoms with Gasteiger partial charge in [0.1, 0.15) is 0 Å². The molecule has 0 amide bonds. The molecule has 0 atom stereocenters. The first kappa shape index (κ1) is 15.2. The van der Waals surface area contributed by atoms with Gasteiger partial charge in [0, 0.05) is 25.4 Å². The minimum absolute atomic E-state index is 0.476. The van der Waals surface area contributed by atoms with Crippen LogP contribution in [0.25, 0.3) is 22.8 Å². The Bertz CT molecular complexity index is 780. The Kier molecular flexibility index (Phi) is 4.34. The van der Waals surface area contributed by atoms with Crippen molar-refractivity contribution in [3.63, 3.8) is 0 Å². The summed E-state index contributed by atoms with van der Waals surface area (Å²) in [5.74, 6) is 1.05. The Morgan fingerprint density at radius 2 is 1.91 bits per heavy atom. The van der Waals surface area contributed by atoms with Crippen LogP contribution in [0.3, 0.4) is 0 Å². The summed E-state index contributed by atoms with van der Waals surface area (Å²) < 4.78 is 5.41. The Morgan fingerprint density at radius 3 is 2.61 bits per heavy atom. The lowest BCUT2D eigenvalue weighted by molar-refractivity contribution is 0.402. The topological polar surface area (TPSA) is 67.1 Å². The Morgan fingerprint density at radius 1 is 1.13 bits per heavy atom. The molecule has 0 aliphatic carbocycles. The van der Waals surface area contributed by atoms with Gasteiger partial charge >= 0.3 is 0 Å². The maximum absolute atomic E-state index is 5.41. The summed E-state index contributed by atoms with van der Waals surface area (Å²) in [4.78, 5) is 10.7. The van der Waals surface area contributed by atoms with Gasteiger partial charge in [-0.25, -0.2) is 0 Å². The molecule has 23 heavy (non-hydrogen) atoms. The second-order valence-corrected chi connectivity index (χ2v) is 5.53. The van der Waals surface area contributed by atoms with Crippen LogP contribution >= 0.6 is 0 Å². The van der Waals surface area contributed by atoms with Gasteiger partial charge in [0.05, 0.1) is 17.4 Å². The van der Waals surface area contributed by atoms with Crippen LogP contribution in [0, 0.1) is 0 Å². The largest absolute Gasteiger partial charge is 0.386 e. The number of nitrogens with one attached hydrogen (secondary N) is 1. The molecule has 0 unspecified atom stereocenters. The molecule has 1 aromatic carbocycles. The average Bonchev–Trinajstić information content (AvgIpc) is 3.05. The third-order valence-electron chi connectivity index (χ3n) is 3.46. The van der Waals surface area contributed by atoms with Gasteiger partial charge in [0.2, 0.25) is 5.82 Å². The van der Waals surface area contributed by atoms with E-state index in [9.17, 15) is 0 Å². The summed E-state index contributed by atoms with van der Waals surface area (Å²) >= 11 is 0. The Balaban J connectivity index is 1.87. The lowest BCUT2D eigenvalue weighted by Crippen LogP contribution is -2.10. The molecule has 0 bridgehead atoms. The van der Waals surface area contributed by atoms with Gasteiger partial charge in [0.25, 0.3) is 5.89 Å². The molecule has 0 spiro atoms. The average molecular weight is 309 g/mol. The second-order valence-electron chi connectivity index (χ2n) is 5.53. The van der Waals surface area contributed by atoms with Crippen molar-refractivity contribution in [3.8, 4) is 22.8 Å². The fourth-order valence-corrected chi connectivity index (χ4v) is 2.35. The van der Waals surface area contributed by atoms with Crippen molar-refractivity contribution < 1.29 is 4.52 Å². The molecule has 6 heteroatoms. The fourth-order valence-electron chi connectivity index (χ4n) is 2.35. The summed E-state index contributed by atoms with van der Waals surface area (Å²) in [7, 11) is 5.93. The van der Waals surface area contributed by atoms with Crippen LogP contribution in [0.5, 0.6) is 0 Å². The maximum Gasteiger partial charge on any atom is 0.260 e. The molecule has 2 heterocycles. The van der Waals surface area contributed by atoms with E-state index in [-0.39, 0.29) is 0 Å². The zero-order chi connectivity index (χ0) is 16.2. The SMILES string of the molecule is CNc1cnccc1-c1nc(-c2ccc(CN(C)C)cc2)no1. The molecule has 6 nitrogen and oxygen atoms in total. The number of benzene rings is 1. The van der Waals surface area contributed by atoms with Crippen LogP contribution in [-0.2, 0) is 6.54 Å². The van der Waals surface area contributed by atoms with Gasteiger partial charge in [-0.15, -0.1) is 0 Å². The van der Waals surface area contributed by atoms with E-state index in [1.165, 1.54) is 5.56 Å². The van der Waals surface area contributed by atoms with Crippen molar-refractivity contribution >= 4 is 5.69 Å². The van der Waals surface area contributed by atoms with Crippen LogP contribution in [0.15, 0.2) is 47.2 Å². The molecule has 0 saturated heterocycles. The smallest absolute Gasteiger partial charge is 0.260 e. The molecular formula is C17H19N5O. The van der Waals surface area contributed by atoms with E-state index < -0.39 is 0 Å². The van der Waals surface area contributed by atoms with E-state index in [2.05, 4.69) is 37.5 Å². The molecular weight excluding hydrogens is 290 g/mol. The fraction of sp³-hybridized carbons (Fsp3) is 0.235. The van der Waals surface area contributed by atoms with E-state index in [1.54, 1.807) is 12.4 Å². The standard InChI is InChI=1S/C17H19N5O/c1-18-15-10-19-9-8-14(15)17-20-16(21-23-17)13-6-4-12(5-7-13)11-22(2)3/h4-10,18H,11H2,1-3H3. The van der Waals surface area contributed by atoms with Crippen molar-refractivity contribution in [1.29, 1.82) is 0 Å². The highest BCUT2D eigenvalue weighted by Gasteiger charge is 2.13. The third-order valence-corrected chi connectivity index (χ3v) is 3.46.